The zero-order chi connectivity index (χ0) is 17.5. The minimum Gasteiger partial charge on any atom is -0.384 e. The lowest BCUT2D eigenvalue weighted by molar-refractivity contribution is 0.157. The van der Waals surface area contributed by atoms with Crippen LogP contribution in [0.3, 0.4) is 0 Å². The van der Waals surface area contributed by atoms with Gasteiger partial charge in [-0.15, -0.1) is 24.0 Å². The van der Waals surface area contributed by atoms with Crippen molar-refractivity contribution in [2.24, 2.45) is 10.9 Å². The molecule has 142 valence electrons. The second kappa shape index (κ2) is 10.5. The lowest BCUT2D eigenvalue weighted by Gasteiger charge is -2.21. The molecule has 0 aliphatic carbocycles. The van der Waals surface area contributed by atoms with E-state index in [1.54, 1.807) is 13.3 Å². The lowest BCUT2D eigenvalue weighted by Crippen LogP contribution is -2.39. The number of aromatic nitrogens is 2. The molecule has 0 radical (unpaired) electrons. The molecule has 1 aromatic heterocycles. The third-order valence-corrected chi connectivity index (χ3v) is 4.60. The topological polar surface area (TPSA) is 54.7 Å². The highest BCUT2D eigenvalue weighted by atomic mass is 127. The van der Waals surface area contributed by atoms with Crippen molar-refractivity contribution in [1.29, 1.82) is 0 Å². The Hall–Kier alpha value is -1.61. The van der Waals surface area contributed by atoms with Crippen LogP contribution in [0.15, 0.2) is 48.0 Å². The Labute approximate surface area is 172 Å². The van der Waals surface area contributed by atoms with Crippen molar-refractivity contribution in [3.05, 3.63) is 54.1 Å². The molecule has 7 heteroatoms. The maximum Gasteiger partial charge on any atom is 0.193 e. The molecule has 1 aliphatic heterocycles. The van der Waals surface area contributed by atoms with Crippen molar-refractivity contribution >= 4 is 29.9 Å². The first kappa shape index (κ1) is 20.7. The van der Waals surface area contributed by atoms with Crippen molar-refractivity contribution in [3.8, 4) is 0 Å². The molecule has 1 N–H and O–H groups in total. The first-order valence-electron chi connectivity index (χ1n) is 8.76. The van der Waals surface area contributed by atoms with E-state index in [4.69, 9.17) is 4.74 Å². The number of benzene rings is 1. The number of methoxy groups -OCH3 is 1. The first-order chi connectivity index (χ1) is 12.3. The number of hydrogen-bond donors (Lipinski definition) is 1. The van der Waals surface area contributed by atoms with E-state index in [0.717, 1.165) is 45.2 Å². The summed E-state index contributed by atoms with van der Waals surface area (Å²) in [6, 6.07) is 8.68. The summed E-state index contributed by atoms with van der Waals surface area (Å²) in [5, 5.41) is 3.48. The number of halogens is 1. The molecule has 1 aliphatic rings. The minimum absolute atomic E-state index is 0. The van der Waals surface area contributed by atoms with E-state index in [1.807, 2.05) is 19.6 Å². The molecule has 2 aromatic rings. The molecule has 0 saturated carbocycles. The van der Waals surface area contributed by atoms with Crippen molar-refractivity contribution in [2.45, 2.75) is 19.5 Å². The van der Waals surface area contributed by atoms with Gasteiger partial charge in [-0.1, -0.05) is 24.3 Å². The zero-order valence-electron chi connectivity index (χ0n) is 15.5. The third-order valence-electron chi connectivity index (χ3n) is 4.60. The fraction of sp³-hybridized carbons (Fsp3) is 0.474. The maximum atomic E-state index is 5.27. The number of guanidine groups is 1. The largest absolute Gasteiger partial charge is 0.384 e. The van der Waals surface area contributed by atoms with Gasteiger partial charge >= 0.3 is 0 Å². The van der Waals surface area contributed by atoms with E-state index in [1.165, 1.54) is 11.1 Å². The maximum absolute atomic E-state index is 5.27. The molecule has 3 rings (SSSR count). The summed E-state index contributed by atoms with van der Waals surface area (Å²) < 4.78 is 7.34. The Morgan fingerprint density at radius 1 is 1.31 bits per heavy atom. The minimum atomic E-state index is 0. The normalized spacial score (nSPS) is 17.2. The van der Waals surface area contributed by atoms with Crippen molar-refractivity contribution in [3.63, 3.8) is 0 Å². The van der Waals surface area contributed by atoms with Gasteiger partial charge in [0.2, 0.25) is 0 Å². The SMILES string of the molecule is CN=C(NCc1ccc(Cn2ccnc2)cc1)N1CCC(COC)C1.I. The van der Waals surface area contributed by atoms with Gasteiger partial charge in [0, 0.05) is 58.6 Å². The molecule has 6 nitrogen and oxygen atoms in total. The van der Waals surface area contributed by atoms with Crippen molar-refractivity contribution in [1.82, 2.24) is 19.8 Å². The Morgan fingerprint density at radius 2 is 2.08 bits per heavy atom. The van der Waals surface area contributed by atoms with Crippen LogP contribution >= 0.6 is 24.0 Å². The van der Waals surface area contributed by atoms with Gasteiger partial charge in [0.25, 0.3) is 0 Å². The van der Waals surface area contributed by atoms with Gasteiger partial charge in [-0.25, -0.2) is 4.98 Å². The number of rotatable bonds is 6. The highest BCUT2D eigenvalue weighted by molar-refractivity contribution is 14.0. The van der Waals surface area contributed by atoms with Gasteiger partial charge in [-0.3, -0.25) is 4.99 Å². The molecule has 1 unspecified atom stereocenters. The number of likely N-dealkylation sites (tertiary alicyclic amines) is 1. The molecule has 26 heavy (non-hydrogen) atoms. The smallest absolute Gasteiger partial charge is 0.193 e. The van der Waals surface area contributed by atoms with Gasteiger partial charge in [-0.2, -0.15) is 0 Å². The molecule has 1 aromatic carbocycles. The van der Waals surface area contributed by atoms with Gasteiger partial charge < -0.3 is 19.5 Å². The number of nitrogens with one attached hydrogen (secondary N) is 1. The molecule has 2 heterocycles. The summed E-state index contributed by atoms with van der Waals surface area (Å²) in [5.74, 6) is 1.58. The predicted molar refractivity (Wildman–Crippen MR) is 115 cm³/mol. The highest BCUT2D eigenvalue weighted by Crippen LogP contribution is 2.16. The van der Waals surface area contributed by atoms with Gasteiger partial charge in [0.1, 0.15) is 0 Å². The van der Waals surface area contributed by atoms with E-state index in [-0.39, 0.29) is 24.0 Å². The number of aliphatic imine (C=N–C) groups is 1. The molecule has 0 spiro atoms. The average molecular weight is 469 g/mol. The standard InChI is InChI=1S/C19H27N5O.HI/c1-20-19(24-9-7-18(13-24)14-25-2)22-11-16-3-5-17(6-4-16)12-23-10-8-21-15-23;/h3-6,8,10,15,18H,7,9,11-14H2,1-2H3,(H,20,22);1H. The Morgan fingerprint density at radius 3 is 2.73 bits per heavy atom. The molecule has 1 saturated heterocycles. The fourth-order valence-electron chi connectivity index (χ4n) is 3.26. The zero-order valence-corrected chi connectivity index (χ0v) is 17.8. The van der Waals surface area contributed by atoms with Crippen LogP contribution in [0.4, 0.5) is 0 Å². The summed E-state index contributed by atoms with van der Waals surface area (Å²) in [5.41, 5.74) is 2.52. The van der Waals surface area contributed by atoms with Gasteiger partial charge in [0.05, 0.1) is 12.9 Å². The summed E-state index contributed by atoms with van der Waals surface area (Å²) in [6.07, 6.45) is 6.79. The lowest BCUT2D eigenvalue weighted by atomic mass is 10.1. The third kappa shape index (κ3) is 5.70. The number of imidazole rings is 1. The predicted octanol–water partition coefficient (Wildman–Crippen LogP) is 2.59. The molecule has 0 amide bonds. The van der Waals surface area contributed by atoms with Crippen LogP contribution in [0, 0.1) is 5.92 Å². The highest BCUT2D eigenvalue weighted by Gasteiger charge is 2.24. The fourth-order valence-corrected chi connectivity index (χ4v) is 3.26. The van der Waals surface area contributed by atoms with Crippen LogP contribution in [-0.2, 0) is 17.8 Å². The van der Waals surface area contributed by atoms with Gasteiger partial charge in [-0.05, 0) is 17.5 Å². The molecular weight excluding hydrogens is 441 g/mol. The number of ether oxygens (including phenoxy) is 1. The Balaban J connectivity index is 0.00000243. The number of nitrogens with zero attached hydrogens (tertiary/aromatic N) is 4. The summed E-state index contributed by atoms with van der Waals surface area (Å²) >= 11 is 0. The van der Waals surface area contributed by atoms with E-state index >= 15 is 0 Å². The number of hydrogen-bond acceptors (Lipinski definition) is 3. The summed E-state index contributed by atoms with van der Waals surface area (Å²) in [4.78, 5) is 10.8. The molecule has 1 fully saturated rings. The molecule has 1 atom stereocenters. The van der Waals surface area contributed by atoms with Crippen molar-refractivity contribution < 1.29 is 4.74 Å². The quantitative estimate of drug-likeness (QED) is 0.402. The van der Waals surface area contributed by atoms with Crippen LogP contribution in [0.5, 0.6) is 0 Å². The average Bonchev–Trinajstić information content (AvgIpc) is 3.30. The molecule has 0 bridgehead atoms. The Kier molecular flexibility index (Phi) is 8.37. The van der Waals surface area contributed by atoms with Crippen LogP contribution in [0.2, 0.25) is 0 Å². The van der Waals surface area contributed by atoms with Crippen LogP contribution < -0.4 is 5.32 Å². The summed E-state index contributed by atoms with van der Waals surface area (Å²) in [6.45, 7) is 4.51. The van der Waals surface area contributed by atoms with E-state index in [0.29, 0.717) is 5.92 Å². The van der Waals surface area contributed by atoms with Gasteiger partial charge in [0.15, 0.2) is 5.96 Å². The van der Waals surface area contributed by atoms with Crippen molar-refractivity contribution in [2.75, 3.05) is 33.9 Å². The summed E-state index contributed by atoms with van der Waals surface area (Å²) in [7, 11) is 3.62. The van der Waals surface area contributed by atoms with E-state index in [9.17, 15) is 0 Å². The van der Waals surface area contributed by atoms with Crippen LogP contribution in [0.1, 0.15) is 17.5 Å². The van der Waals surface area contributed by atoms with Crippen LogP contribution in [-0.4, -0.2) is 54.3 Å². The molecular formula is C19H28IN5O. The van der Waals surface area contributed by atoms with E-state index < -0.39 is 0 Å². The monoisotopic (exact) mass is 469 g/mol. The first-order valence-corrected chi connectivity index (χ1v) is 8.76. The second-order valence-corrected chi connectivity index (χ2v) is 6.51. The Bertz CT molecular complexity index is 672. The van der Waals surface area contributed by atoms with Crippen LogP contribution in [0.25, 0.3) is 0 Å². The van der Waals surface area contributed by atoms with E-state index in [2.05, 4.69) is 49.0 Å². The second-order valence-electron chi connectivity index (χ2n) is 6.51.